The van der Waals surface area contributed by atoms with Crippen LogP contribution in [-0.4, -0.2) is 59.7 Å². The standard InChI is InChI=1S/C20H27N5O5S2/c1-10-16(11(2)31-15-7-5-4-6-13(15)21)19(25-20(22)23-10)24-14-8-12(17(26)18(14)27)9-30-32(3,28)29/h4-7,12,14,17-18,26-27H,2,8-9,21H2,1,3H3,(H3,22,23,24,25)/t12-,14-,17-,18+/m1/s1. The van der Waals surface area contributed by atoms with Crippen molar-refractivity contribution in [3.05, 3.63) is 42.1 Å². The summed E-state index contributed by atoms with van der Waals surface area (Å²) >= 11 is 1.35. The molecule has 0 spiro atoms. The van der Waals surface area contributed by atoms with E-state index in [2.05, 4.69) is 21.9 Å². The van der Waals surface area contributed by atoms with Crippen molar-refractivity contribution < 1.29 is 22.8 Å². The molecule has 7 N–H and O–H groups in total. The average molecular weight is 482 g/mol. The predicted octanol–water partition coefficient (Wildman–Crippen LogP) is 1.21. The van der Waals surface area contributed by atoms with Gasteiger partial charge in [-0.1, -0.05) is 30.5 Å². The van der Waals surface area contributed by atoms with Crippen molar-refractivity contribution in [1.82, 2.24) is 9.97 Å². The molecule has 0 amide bonds. The number of rotatable bonds is 8. The zero-order chi connectivity index (χ0) is 23.6. The van der Waals surface area contributed by atoms with Crippen molar-refractivity contribution >= 4 is 44.2 Å². The second-order valence-corrected chi connectivity index (χ2v) is 10.5. The first-order valence-corrected chi connectivity index (χ1v) is 12.4. The molecule has 1 aliphatic rings. The molecule has 1 aromatic heterocycles. The van der Waals surface area contributed by atoms with Crippen molar-refractivity contribution in [2.75, 3.05) is 29.6 Å². The second-order valence-electron chi connectivity index (χ2n) is 7.67. The number of nitrogens with one attached hydrogen (secondary N) is 1. The molecule has 4 atom stereocenters. The fraction of sp³-hybridized carbons (Fsp3) is 0.400. The zero-order valence-electron chi connectivity index (χ0n) is 17.7. The molecular weight excluding hydrogens is 454 g/mol. The largest absolute Gasteiger partial charge is 0.398 e. The highest BCUT2D eigenvalue weighted by atomic mass is 32.2. The van der Waals surface area contributed by atoms with Crippen molar-refractivity contribution in [3.63, 3.8) is 0 Å². The van der Waals surface area contributed by atoms with Crippen LogP contribution in [0, 0.1) is 12.8 Å². The van der Waals surface area contributed by atoms with E-state index in [1.807, 2.05) is 18.2 Å². The third-order valence-electron chi connectivity index (χ3n) is 5.16. The van der Waals surface area contributed by atoms with Gasteiger partial charge in [0.25, 0.3) is 10.1 Å². The molecule has 0 saturated heterocycles. The summed E-state index contributed by atoms with van der Waals surface area (Å²) in [5, 5.41) is 24.0. The zero-order valence-corrected chi connectivity index (χ0v) is 19.4. The molecule has 1 aromatic carbocycles. The van der Waals surface area contributed by atoms with E-state index in [0.717, 1.165) is 11.2 Å². The molecule has 3 rings (SSSR count). The number of aromatic nitrogens is 2. The summed E-state index contributed by atoms with van der Waals surface area (Å²) in [6.45, 7) is 5.67. The van der Waals surface area contributed by atoms with E-state index in [-0.39, 0.29) is 19.0 Å². The molecule has 1 fully saturated rings. The van der Waals surface area contributed by atoms with Gasteiger partial charge in [0.2, 0.25) is 5.95 Å². The highest BCUT2D eigenvalue weighted by molar-refractivity contribution is 8.08. The molecule has 1 heterocycles. The Labute approximate surface area is 191 Å². The quantitative estimate of drug-likeness (QED) is 0.208. The van der Waals surface area contributed by atoms with Crippen LogP contribution in [0.15, 0.2) is 35.7 Å². The molecule has 0 unspecified atom stereocenters. The van der Waals surface area contributed by atoms with E-state index in [1.165, 1.54) is 11.8 Å². The van der Waals surface area contributed by atoms with E-state index in [1.54, 1.807) is 13.0 Å². The minimum absolute atomic E-state index is 0.0377. The predicted molar refractivity (Wildman–Crippen MR) is 125 cm³/mol. The maximum Gasteiger partial charge on any atom is 0.264 e. The molecular formula is C20H27N5O5S2. The fourth-order valence-electron chi connectivity index (χ4n) is 3.61. The number of thioether (sulfide) groups is 1. The Hall–Kier alpha value is -2.38. The van der Waals surface area contributed by atoms with Crippen molar-refractivity contribution in [1.29, 1.82) is 0 Å². The molecule has 0 aliphatic heterocycles. The number of aliphatic hydroxyl groups is 2. The Morgan fingerprint density at radius 2 is 1.97 bits per heavy atom. The minimum Gasteiger partial charge on any atom is -0.398 e. The van der Waals surface area contributed by atoms with E-state index < -0.39 is 34.3 Å². The van der Waals surface area contributed by atoms with E-state index in [0.29, 0.717) is 27.7 Å². The lowest BCUT2D eigenvalue weighted by Crippen LogP contribution is -2.36. The van der Waals surface area contributed by atoms with Gasteiger partial charge < -0.3 is 27.0 Å². The number of aliphatic hydroxyl groups excluding tert-OH is 2. The summed E-state index contributed by atoms with van der Waals surface area (Å²) < 4.78 is 27.4. The number of para-hydroxylation sites is 1. The number of hydrogen-bond donors (Lipinski definition) is 5. The first-order valence-electron chi connectivity index (χ1n) is 9.79. The summed E-state index contributed by atoms with van der Waals surface area (Å²) in [7, 11) is -3.67. The van der Waals surface area contributed by atoms with Gasteiger partial charge in [0.05, 0.1) is 36.3 Å². The van der Waals surface area contributed by atoms with Gasteiger partial charge in [0, 0.05) is 21.4 Å². The Balaban J connectivity index is 1.83. The fourth-order valence-corrected chi connectivity index (χ4v) is 4.98. The monoisotopic (exact) mass is 481 g/mol. The van der Waals surface area contributed by atoms with Crippen molar-refractivity contribution in [2.45, 2.75) is 36.5 Å². The lowest BCUT2D eigenvalue weighted by Gasteiger charge is -2.22. The Kier molecular flexibility index (Phi) is 7.30. The van der Waals surface area contributed by atoms with Crippen molar-refractivity contribution in [2.24, 2.45) is 5.92 Å². The normalized spacial score (nSPS) is 23.2. The molecule has 10 nitrogen and oxygen atoms in total. The number of hydrogen-bond acceptors (Lipinski definition) is 11. The van der Waals surface area contributed by atoms with Crippen LogP contribution in [0.1, 0.15) is 17.7 Å². The van der Waals surface area contributed by atoms with Crippen molar-refractivity contribution in [3.8, 4) is 0 Å². The molecule has 0 bridgehead atoms. The van der Waals surface area contributed by atoms with Crippen LogP contribution < -0.4 is 16.8 Å². The van der Waals surface area contributed by atoms with Gasteiger partial charge in [-0.25, -0.2) is 4.98 Å². The summed E-state index contributed by atoms with van der Waals surface area (Å²) in [5.74, 6) is -0.193. The van der Waals surface area contributed by atoms with Gasteiger partial charge in [-0.3, -0.25) is 4.18 Å². The van der Waals surface area contributed by atoms with Crippen LogP contribution in [0.25, 0.3) is 4.91 Å². The van der Waals surface area contributed by atoms with Crippen LogP contribution >= 0.6 is 11.8 Å². The van der Waals surface area contributed by atoms with Crippen LogP contribution in [0.4, 0.5) is 17.5 Å². The second kappa shape index (κ2) is 9.63. The van der Waals surface area contributed by atoms with E-state index in [4.69, 9.17) is 15.7 Å². The number of benzene rings is 1. The van der Waals surface area contributed by atoms with Crippen LogP contribution in [0.2, 0.25) is 0 Å². The maximum absolute atomic E-state index is 11.3. The van der Waals surface area contributed by atoms with Crippen LogP contribution in [0.3, 0.4) is 0 Å². The molecule has 1 saturated carbocycles. The summed E-state index contributed by atoms with van der Waals surface area (Å²) in [6, 6.07) is 6.74. The van der Waals surface area contributed by atoms with E-state index >= 15 is 0 Å². The van der Waals surface area contributed by atoms with Gasteiger partial charge in [0.1, 0.15) is 11.9 Å². The number of nitrogens with zero attached hydrogens (tertiary/aromatic N) is 2. The minimum atomic E-state index is -3.67. The highest BCUT2D eigenvalue weighted by Crippen LogP contribution is 2.40. The summed E-state index contributed by atoms with van der Waals surface area (Å²) in [4.78, 5) is 9.94. The van der Waals surface area contributed by atoms with Gasteiger partial charge >= 0.3 is 0 Å². The molecule has 12 heteroatoms. The molecule has 2 aromatic rings. The number of nitrogens with two attached hydrogens (primary N) is 2. The lowest BCUT2D eigenvalue weighted by molar-refractivity contribution is 0.00786. The number of nitrogen functional groups attached to an aromatic ring is 2. The lowest BCUT2D eigenvalue weighted by atomic mass is 10.1. The topological polar surface area (TPSA) is 174 Å². The highest BCUT2D eigenvalue weighted by Gasteiger charge is 2.42. The van der Waals surface area contributed by atoms with Crippen LogP contribution in [0.5, 0.6) is 0 Å². The molecule has 0 radical (unpaired) electrons. The molecule has 1 aliphatic carbocycles. The summed E-state index contributed by atoms with van der Waals surface area (Å²) in [6.07, 6.45) is -1.15. The Bertz CT molecular complexity index is 1110. The van der Waals surface area contributed by atoms with Gasteiger partial charge in [0.15, 0.2) is 0 Å². The van der Waals surface area contributed by atoms with Gasteiger partial charge in [-0.2, -0.15) is 13.4 Å². The molecule has 174 valence electrons. The Morgan fingerprint density at radius 3 is 2.62 bits per heavy atom. The van der Waals surface area contributed by atoms with Gasteiger partial charge in [-0.05, 0) is 25.5 Å². The Morgan fingerprint density at radius 1 is 1.28 bits per heavy atom. The molecule has 32 heavy (non-hydrogen) atoms. The average Bonchev–Trinajstić information content (AvgIpc) is 2.95. The first-order chi connectivity index (χ1) is 15.0. The third kappa shape index (κ3) is 5.70. The SMILES string of the molecule is C=C(Sc1ccccc1N)c1c(C)nc(N)nc1N[C@@H]1C[C@H](COS(C)(=O)=O)[C@@H](O)[C@H]1O. The van der Waals surface area contributed by atoms with Crippen LogP contribution in [-0.2, 0) is 14.3 Å². The first kappa shape index (κ1) is 24.3. The van der Waals surface area contributed by atoms with E-state index in [9.17, 15) is 18.6 Å². The number of anilines is 3. The third-order valence-corrected chi connectivity index (χ3v) is 6.76. The smallest absolute Gasteiger partial charge is 0.264 e. The summed E-state index contributed by atoms with van der Waals surface area (Å²) in [5.41, 5.74) is 13.7. The maximum atomic E-state index is 11.3. The number of aryl methyl sites for hydroxylation is 1. The van der Waals surface area contributed by atoms with Gasteiger partial charge in [-0.15, -0.1) is 0 Å².